The van der Waals surface area contributed by atoms with E-state index in [1.54, 1.807) is 0 Å². The van der Waals surface area contributed by atoms with Crippen LogP contribution in [-0.4, -0.2) is 49.6 Å². The summed E-state index contributed by atoms with van der Waals surface area (Å²) in [6.07, 6.45) is 4.79. The molecule has 1 N–H and O–H groups in total. The Bertz CT molecular complexity index is 206. The fraction of sp³-hybridized carbons (Fsp3) is 0.909. The number of likely N-dealkylation sites (tertiary alicyclic amines) is 1. The first-order valence-electron chi connectivity index (χ1n) is 5.72. The van der Waals surface area contributed by atoms with Gasteiger partial charge in [0.15, 0.2) is 5.96 Å². The number of aliphatic imine (C=N–C) groups is 1. The number of hydrogen-bond donors (Lipinski definition) is 1. The molecule has 88 valence electrons. The van der Waals surface area contributed by atoms with E-state index >= 15 is 0 Å². The van der Waals surface area contributed by atoms with Gasteiger partial charge in [-0.25, -0.2) is 0 Å². The van der Waals surface area contributed by atoms with E-state index in [2.05, 4.69) is 28.4 Å². The number of piperidine rings is 1. The first kappa shape index (κ1) is 12.7. The summed E-state index contributed by atoms with van der Waals surface area (Å²) in [6, 6.07) is 0. The summed E-state index contributed by atoms with van der Waals surface area (Å²) >= 11 is 1.87. The van der Waals surface area contributed by atoms with Crippen molar-refractivity contribution in [2.24, 2.45) is 10.9 Å². The molecule has 1 saturated heterocycles. The van der Waals surface area contributed by atoms with E-state index in [1.807, 2.05) is 18.8 Å². The van der Waals surface area contributed by atoms with Crippen LogP contribution in [0.2, 0.25) is 0 Å². The second-order valence-corrected chi connectivity index (χ2v) is 5.15. The van der Waals surface area contributed by atoms with Crippen molar-refractivity contribution in [1.29, 1.82) is 0 Å². The standard InChI is InChI=1S/C11H23N3S/c1-10-5-4-7-14(9-10)11(12-2)13-6-8-15-3/h10H,4-9H2,1-3H3,(H,12,13). The number of guanidine groups is 1. The lowest BCUT2D eigenvalue weighted by Crippen LogP contribution is -2.46. The summed E-state index contributed by atoms with van der Waals surface area (Å²) in [4.78, 5) is 6.72. The van der Waals surface area contributed by atoms with Crippen molar-refractivity contribution in [2.45, 2.75) is 19.8 Å². The minimum absolute atomic E-state index is 0.804. The first-order valence-corrected chi connectivity index (χ1v) is 7.12. The SMILES string of the molecule is CN=C(NCCSC)N1CCCC(C)C1. The molecule has 4 heteroatoms. The van der Waals surface area contributed by atoms with E-state index in [9.17, 15) is 0 Å². The molecule has 1 aliphatic heterocycles. The third-order valence-corrected chi connectivity index (χ3v) is 3.37. The molecule has 0 spiro atoms. The van der Waals surface area contributed by atoms with Gasteiger partial charge < -0.3 is 10.2 Å². The summed E-state index contributed by atoms with van der Waals surface area (Å²) in [5.74, 6) is 3.02. The van der Waals surface area contributed by atoms with E-state index < -0.39 is 0 Å². The molecular formula is C11H23N3S. The second-order valence-electron chi connectivity index (χ2n) is 4.16. The molecule has 15 heavy (non-hydrogen) atoms. The quantitative estimate of drug-likeness (QED) is 0.453. The molecule has 0 saturated carbocycles. The van der Waals surface area contributed by atoms with E-state index in [4.69, 9.17) is 0 Å². The maximum absolute atomic E-state index is 4.34. The Balaban J connectivity index is 2.36. The van der Waals surface area contributed by atoms with Crippen LogP contribution >= 0.6 is 11.8 Å². The van der Waals surface area contributed by atoms with Crippen LogP contribution in [0.1, 0.15) is 19.8 Å². The van der Waals surface area contributed by atoms with Gasteiger partial charge in [-0.1, -0.05) is 6.92 Å². The largest absolute Gasteiger partial charge is 0.355 e. The Morgan fingerprint density at radius 2 is 2.40 bits per heavy atom. The zero-order valence-corrected chi connectivity index (χ0v) is 10.9. The molecule has 1 unspecified atom stereocenters. The smallest absolute Gasteiger partial charge is 0.193 e. The zero-order chi connectivity index (χ0) is 11.1. The number of rotatable bonds is 3. The number of nitrogens with zero attached hydrogens (tertiary/aromatic N) is 2. The van der Waals surface area contributed by atoms with Gasteiger partial charge >= 0.3 is 0 Å². The van der Waals surface area contributed by atoms with Crippen LogP contribution < -0.4 is 5.32 Å². The Morgan fingerprint density at radius 3 is 3.00 bits per heavy atom. The fourth-order valence-electron chi connectivity index (χ4n) is 1.98. The van der Waals surface area contributed by atoms with Crippen molar-refractivity contribution in [3.63, 3.8) is 0 Å². The molecule has 0 aliphatic carbocycles. The summed E-state index contributed by atoms with van der Waals surface area (Å²) < 4.78 is 0. The third kappa shape index (κ3) is 4.33. The molecule has 1 aliphatic rings. The summed E-state index contributed by atoms with van der Waals surface area (Å²) in [7, 11) is 1.88. The van der Waals surface area contributed by atoms with Crippen LogP contribution in [0.3, 0.4) is 0 Å². The van der Waals surface area contributed by atoms with Crippen molar-refractivity contribution in [3.8, 4) is 0 Å². The second kappa shape index (κ2) is 6.99. The van der Waals surface area contributed by atoms with Crippen molar-refractivity contribution in [2.75, 3.05) is 38.7 Å². The highest BCUT2D eigenvalue weighted by atomic mass is 32.2. The van der Waals surface area contributed by atoms with Gasteiger partial charge in [0.2, 0.25) is 0 Å². The van der Waals surface area contributed by atoms with Gasteiger partial charge in [-0.2, -0.15) is 11.8 Å². The molecule has 0 amide bonds. The van der Waals surface area contributed by atoms with Crippen LogP contribution in [0, 0.1) is 5.92 Å². The van der Waals surface area contributed by atoms with Gasteiger partial charge in [0, 0.05) is 32.4 Å². The van der Waals surface area contributed by atoms with E-state index in [1.165, 1.54) is 12.8 Å². The molecular weight excluding hydrogens is 206 g/mol. The Hall–Kier alpha value is -0.380. The van der Waals surface area contributed by atoms with Crippen LogP contribution in [0.4, 0.5) is 0 Å². The molecule has 0 bridgehead atoms. The van der Waals surface area contributed by atoms with Crippen LogP contribution in [-0.2, 0) is 0 Å². The van der Waals surface area contributed by atoms with E-state index in [0.29, 0.717) is 0 Å². The lowest BCUT2D eigenvalue weighted by Gasteiger charge is -2.33. The molecule has 1 heterocycles. The Labute approximate surface area is 97.7 Å². The van der Waals surface area contributed by atoms with Crippen LogP contribution in [0.15, 0.2) is 4.99 Å². The minimum Gasteiger partial charge on any atom is -0.355 e. The lowest BCUT2D eigenvalue weighted by molar-refractivity contribution is 0.266. The molecule has 0 aromatic heterocycles. The highest BCUT2D eigenvalue weighted by molar-refractivity contribution is 7.98. The summed E-state index contributed by atoms with van der Waals surface area (Å²) in [6.45, 7) is 5.64. The lowest BCUT2D eigenvalue weighted by atomic mass is 10.0. The Morgan fingerprint density at radius 1 is 1.60 bits per heavy atom. The zero-order valence-electron chi connectivity index (χ0n) is 10.1. The van der Waals surface area contributed by atoms with Crippen molar-refractivity contribution < 1.29 is 0 Å². The molecule has 3 nitrogen and oxygen atoms in total. The van der Waals surface area contributed by atoms with Crippen LogP contribution in [0.25, 0.3) is 0 Å². The van der Waals surface area contributed by atoms with Gasteiger partial charge in [-0.05, 0) is 25.0 Å². The molecule has 0 radical (unpaired) electrons. The predicted octanol–water partition coefficient (Wildman–Crippen LogP) is 1.66. The average molecular weight is 229 g/mol. The molecule has 1 fully saturated rings. The molecule has 0 aromatic carbocycles. The highest BCUT2D eigenvalue weighted by Crippen LogP contribution is 2.15. The monoisotopic (exact) mass is 229 g/mol. The molecule has 1 rings (SSSR count). The minimum atomic E-state index is 0.804. The van der Waals surface area contributed by atoms with Gasteiger partial charge in [0.25, 0.3) is 0 Å². The topological polar surface area (TPSA) is 27.6 Å². The maximum atomic E-state index is 4.34. The van der Waals surface area contributed by atoms with Gasteiger partial charge in [0.05, 0.1) is 0 Å². The van der Waals surface area contributed by atoms with Crippen molar-refractivity contribution in [3.05, 3.63) is 0 Å². The fourth-order valence-corrected chi connectivity index (χ4v) is 2.29. The normalized spacial score (nSPS) is 23.0. The predicted molar refractivity (Wildman–Crippen MR) is 69.7 cm³/mol. The highest BCUT2D eigenvalue weighted by Gasteiger charge is 2.18. The molecule has 0 aromatic rings. The Kier molecular flexibility index (Phi) is 5.91. The van der Waals surface area contributed by atoms with Gasteiger partial charge in [0.1, 0.15) is 0 Å². The maximum Gasteiger partial charge on any atom is 0.193 e. The first-order chi connectivity index (χ1) is 7.27. The number of thioether (sulfide) groups is 1. The van der Waals surface area contributed by atoms with Gasteiger partial charge in [-0.3, -0.25) is 4.99 Å². The van der Waals surface area contributed by atoms with Gasteiger partial charge in [-0.15, -0.1) is 0 Å². The van der Waals surface area contributed by atoms with Crippen LogP contribution in [0.5, 0.6) is 0 Å². The number of hydrogen-bond acceptors (Lipinski definition) is 2. The summed E-state index contributed by atoms with van der Waals surface area (Å²) in [5.41, 5.74) is 0. The van der Waals surface area contributed by atoms with E-state index in [-0.39, 0.29) is 0 Å². The average Bonchev–Trinajstić information content (AvgIpc) is 2.24. The molecule has 1 atom stereocenters. The third-order valence-electron chi connectivity index (χ3n) is 2.76. The van der Waals surface area contributed by atoms with E-state index in [0.717, 1.165) is 37.3 Å². The van der Waals surface area contributed by atoms with Crippen molar-refractivity contribution in [1.82, 2.24) is 10.2 Å². The summed E-state index contributed by atoms with van der Waals surface area (Å²) in [5, 5.41) is 3.42. The number of nitrogens with one attached hydrogen (secondary N) is 1. The van der Waals surface area contributed by atoms with Crippen molar-refractivity contribution >= 4 is 17.7 Å².